The Morgan fingerprint density at radius 1 is 1.04 bits per heavy atom. The summed E-state index contributed by atoms with van der Waals surface area (Å²) >= 11 is 0. The fraction of sp³-hybridized carbons (Fsp3) is 0.278. The van der Waals surface area contributed by atoms with Crippen molar-refractivity contribution in [3.8, 4) is 5.75 Å². The second kappa shape index (κ2) is 8.96. The molecule has 0 saturated heterocycles. The first-order valence-electron chi connectivity index (χ1n) is 8.18. The van der Waals surface area contributed by atoms with Gasteiger partial charge in [0.25, 0.3) is 10.0 Å². The van der Waals surface area contributed by atoms with Gasteiger partial charge in [-0.15, -0.1) is 0 Å². The Labute approximate surface area is 160 Å². The van der Waals surface area contributed by atoms with Crippen molar-refractivity contribution in [3.05, 3.63) is 53.8 Å². The average Bonchev–Trinajstić information content (AvgIpc) is 2.66. The van der Waals surface area contributed by atoms with Crippen LogP contribution in [0.15, 0.2) is 41.3 Å². The number of sulfonamides is 1. The Morgan fingerprint density at radius 3 is 2.25 bits per heavy atom. The fourth-order valence-corrected chi connectivity index (χ4v) is 3.91. The van der Waals surface area contributed by atoms with E-state index in [9.17, 15) is 26.4 Å². The van der Waals surface area contributed by atoms with E-state index in [1.807, 2.05) is 0 Å². The normalized spacial score (nSPS) is 11.2. The third-order valence-electron chi connectivity index (χ3n) is 3.75. The van der Waals surface area contributed by atoms with Crippen LogP contribution in [0.3, 0.4) is 0 Å². The molecule has 10 heteroatoms. The van der Waals surface area contributed by atoms with Crippen LogP contribution < -0.4 is 9.04 Å². The van der Waals surface area contributed by atoms with Crippen molar-refractivity contribution in [2.45, 2.75) is 18.2 Å². The molecule has 0 N–H and O–H groups in total. The van der Waals surface area contributed by atoms with Crippen LogP contribution in [0.25, 0.3) is 0 Å². The highest BCUT2D eigenvalue weighted by Crippen LogP contribution is 2.29. The third-order valence-corrected chi connectivity index (χ3v) is 5.60. The Balaban J connectivity index is 2.49. The molecule has 0 aliphatic carbocycles. The number of carbonyl (C=O) groups is 1. The molecule has 0 aliphatic heterocycles. The molecule has 2 aromatic rings. The molecule has 0 unspecified atom stereocenters. The number of ether oxygens (including phenoxy) is 2. The third kappa shape index (κ3) is 4.56. The van der Waals surface area contributed by atoms with Gasteiger partial charge in [0.2, 0.25) is 0 Å². The van der Waals surface area contributed by atoms with Gasteiger partial charge in [-0.2, -0.15) is 0 Å². The number of nitrogens with zero attached hydrogens (tertiary/aromatic N) is 1. The molecule has 0 heterocycles. The number of methoxy groups -OCH3 is 1. The lowest BCUT2D eigenvalue weighted by Crippen LogP contribution is -2.34. The molecule has 28 heavy (non-hydrogen) atoms. The number of benzene rings is 2. The minimum Gasteiger partial charge on any atom is -0.497 e. The molecule has 0 amide bonds. The van der Waals surface area contributed by atoms with Crippen LogP contribution in [-0.2, 0) is 19.6 Å². The van der Waals surface area contributed by atoms with Gasteiger partial charge >= 0.3 is 5.97 Å². The molecule has 0 radical (unpaired) electrons. The zero-order valence-electron chi connectivity index (χ0n) is 15.1. The molecule has 0 saturated carbocycles. The van der Waals surface area contributed by atoms with Crippen molar-refractivity contribution in [3.63, 3.8) is 0 Å². The molecular weight excluding hydrogens is 399 g/mol. The van der Waals surface area contributed by atoms with E-state index in [1.165, 1.54) is 31.4 Å². The number of esters is 1. The van der Waals surface area contributed by atoms with E-state index in [2.05, 4.69) is 0 Å². The van der Waals surface area contributed by atoms with Gasteiger partial charge in [0.05, 0.1) is 25.8 Å². The van der Waals surface area contributed by atoms with Gasteiger partial charge in [-0.3, -0.25) is 9.10 Å². The van der Waals surface area contributed by atoms with Crippen molar-refractivity contribution in [2.75, 3.05) is 24.6 Å². The molecule has 0 bridgehead atoms. The lowest BCUT2D eigenvalue weighted by Gasteiger charge is -2.24. The summed E-state index contributed by atoms with van der Waals surface area (Å²) in [4.78, 5) is 10.6. The SMILES string of the molecule is CCOC(=O)CCN(c1ccc(OC)cc1)S(=O)(=O)c1ccc(F)c(F)c1F. The number of hydrogen-bond donors (Lipinski definition) is 0. The lowest BCUT2D eigenvalue weighted by atomic mass is 10.3. The summed E-state index contributed by atoms with van der Waals surface area (Å²) in [6.45, 7) is 1.30. The number of anilines is 1. The molecule has 0 aromatic heterocycles. The summed E-state index contributed by atoms with van der Waals surface area (Å²) in [7, 11) is -3.23. The Morgan fingerprint density at radius 2 is 1.68 bits per heavy atom. The van der Waals surface area contributed by atoms with Crippen molar-refractivity contribution >= 4 is 21.7 Å². The van der Waals surface area contributed by atoms with E-state index in [-0.39, 0.29) is 18.7 Å². The molecule has 0 atom stereocenters. The maximum Gasteiger partial charge on any atom is 0.307 e. The van der Waals surface area contributed by atoms with E-state index < -0.39 is 44.9 Å². The summed E-state index contributed by atoms with van der Waals surface area (Å²) < 4.78 is 77.3. The highest BCUT2D eigenvalue weighted by Gasteiger charge is 2.31. The molecule has 0 spiro atoms. The first-order valence-corrected chi connectivity index (χ1v) is 9.62. The van der Waals surface area contributed by atoms with Gasteiger partial charge in [0.15, 0.2) is 17.5 Å². The van der Waals surface area contributed by atoms with Crippen LogP contribution in [0.1, 0.15) is 13.3 Å². The lowest BCUT2D eigenvalue weighted by molar-refractivity contribution is -0.142. The van der Waals surface area contributed by atoms with Gasteiger partial charge in [0.1, 0.15) is 10.6 Å². The highest BCUT2D eigenvalue weighted by atomic mass is 32.2. The fourth-order valence-electron chi connectivity index (χ4n) is 2.39. The molecule has 0 fully saturated rings. The summed E-state index contributed by atoms with van der Waals surface area (Å²) in [6, 6.07) is 6.82. The summed E-state index contributed by atoms with van der Waals surface area (Å²) in [5, 5.41) is 0. The Bertz CT molecular complexity index is 948. The van der Waals surface area contributed by atoms with Crippen LogP contribution in [0.4, 0.5) is 18.9 Å². The van der Waals surface area contributed by atoms with Crippen molar-refractivity contribution in [1.29, 1.82) is 0 Å². The Hall–Kier alpha value is -2.75. The second-order valence-electron chi connectivity index (χ2n) is 5.50. The van der Waals surface area contributed by atoms with Gasteiger partial charge in [-0.1, -0.05) is 0 Å². The van der Waals surface area contributed by atoms with E-state index >= 15 is 0 Å². The monoisotopic (exact) mass is 417 g/mol. The maximum atomic E-state index is 14.1. The van der Waals surface area contributed by atoms with E-state index in [4.69, 9.17) is 9.47 Å². The second-order valence-corrected chi connectivity index (χ2v) is 7.33. The Kier molecular flexibility index (Phi) is 6.90. The van der Waals surface area contributed by atoms with Crippen molar-refractivity contribution in [2.24, 2.45) is 0 Å². The molecule has 0 aliphatic rings. The predicted octanol–water partition coefficient (Wildman–Crippen LogP) is 3.26. The molecule has 2 aromatic carbocycles. The van der Waals surface area contributed by atoms with E-state index in [1.54, 1.807) is 6.92 Å². The molecule has 6 nitrogen and oxygen atoms in total. The topological polar surface area (TPSA) is 72.9 Å². The summed E-state index contributed by atoms with van der Waals surface area (Å²) in [5.41, 5.74) is 0.0780. The number of rotatable bonds is 8. The van der Waals surface area contributed by atoms with Gasteiger partial charge in [0, 0.05) is 6.54 Å². The number of hydrogen-bond acceptors (Lipinski definition) is 5. The minimum absolute atomic E-state index is 0.0780. The number of carbonyl (C=O) groups excluding carboxylic acids is 1. The smallest absolute Gasteiger partial charge is 0.307 e. The zero-order valence-corrected chi connectivity index (χ0v) is 15.9. The quantitative estimate of drug-likeness (QED) is 0.487. The van der Waals surface area contributed by atoms with Crippen LogP contribution in [-0.4, -0.2) is 34.6 Å². The van der Waals surface area contributed by atoms with Crippen molar-refractivity contribution < 1.29 is 35.9 Å². The van der Waals surface area contributed by atoms with Gasteiger partial charge in [-0.05, 0) is 43.3 Å². The minimum atomic E-state index is -4.65. The zero-order chi connectivity index (χ0) is 20.9. The average molecular weight is 417 g/mol. The summed E-state index contributed by atoms with van der Waals surface area (Å²) in [5.74, 6) is -5.48. The first-order chi connectivity index (χ1) is 13.2. The predicted molar refractivity (Wildman–Crippen MR) is 95.1 cm³/mol. The largest absolute Gasteiger partial charge is 0.497 e. The standard InChI is InChI=1S/C18H18F3NO5S/c1-3-27-16(23)10-11-22(12-4-6-13(26-2)7-5-12)28(24,25)15-9-8-14(19)17(20)18(15)21/h4-9H,3,10-11H2,1-2H3. The van der Waals surface area contributed by atoms with Gasteiger partial charge in [-0.25, -0.2) is 21.6 Å². The highest BCUT2D eigenvalue weighted by molar-refractivity contribution is 7.92. The molecule has 2 rings (SSSR count). The molecule has 152 valence electrons. The van der Waals surface area contributed by atoms with Crippen LogP contribution in [0.2, 0.25) is 0 Å². The van der Waals surface area contributed by atoms with E-state index in [0.717, 1.165) is 4.31 Å². The van der Waals surface area contributed by atoms with Crippen LogP contribution in [0, 0.1) is 17.5 Å². The molecular formula is C18H18F3NO5S. The first kappa shape index (κ1) is 21.5. The van der Waals surface area contributed by atoms with Gasteiger partial charge < -0.3 is 9.47 Å². The maximum absolute atomic E-state index is 14.1. The summed E-state index contributed by atoms with van der Waals surface area (Å²) in [6.07, 6.45) is -0.329. The number of halogens is 3. The van der Waals surface area contributed by atoms with E-state index in [0.29, 0.717) is 17.9 Å². The van der Waals surface area contributed by atoms with Crippen molar-refractivity contribution in [1.82, 2.24) is 0 Å². The van der Waals surface area contributed by atoms with Crippen LogP contribution >= 0.6 is 0 Å². The van der Waals surface area contributed by atoms with Crippen LogP contribution in [0.5, 0.6) is 5.75 Å².